The highest BCUT2D eigenvalue weighted by Gasteiger charge is 2.42. The number of aliphatic imine (C=N–C) groups is 1. The van der Waals surface area contributed by atoms with Gasteiger partial charge in [-0.05, 0) is 35.4 Å². The Hall–Kier alpha value is -1.96. The zero-order valence-electron chi connectivity index (χ0n) is 13.0. The molecule has 4 rings (SSSR count). The monoisotopic (exact) mass is 385 g/mol. The van der Waals surface area contributed by atoms with E-state index in [1.807, 2.05) is 35.3 Å². The van der Waals surface area contributed by atoms with E-state index in [-0.39, 0.29) is 18.5 Å². The van der Waals surface area contributed by atoms with Gasteiger partial charge in [-0.25, -0.2) is 5.32 Å². The van der Waals surface area contributed by atoms with Gasteiger partial charge in [-0.2, -0.15) is 4.99 Å². The highest BCUT2D eigenvalue weighted by Crippen LogP contribution is 2.28. The van der Waals surface area contributed by atoms with Gasteiger partial charge in [0.2, 0.25) is 6.17 Å². The average molecular weight is 386 g/mol. The minimum atomic E-state index is -0.113. The number of pyridine rings is 1. The molecule has 1 aromatic carbocycles. The zero-order valence-corrected chi connectivity index (χ0v) is 14.6. The first-order valence-electron chi connectivity index (χ1n) is 7.94. The number of fused-ring (bicyclic) bond motifs is 1. The van der Waals surface area contributed by atoms with Crippen LogP contribution in [0.2, 0.25) is 0 Å². The molecule has 2 aliphatic heterocycles. The van der Waals surface area contributed by atoms with Crippen molar-refractivity contribution in [2.45, 2.75) is 31.5 Å². The van der Waals surface area contributed by atoms with E-state index in [0.717, 1.165) is 17.4 Å². The van der Waals surface area contributed by atoms with Crippen molar-refractivity contribution >= 4 is 22.3 Å². The van der Waals surface area contributed by atoms with Gasteiger partial charge in [0.15, 0.2) is 6.34 Å². The van der Waals surface area contributed by atoms with Crippen molar-refractivity contribution < 1.29 is 4.70 Å². The van der Waals surface area contributed by atoms with Crippen molar-refractivity contribution in [1.82, 2.24) is 15.6 Å². The number of rotatable bonds is 4. The summed E-state index contributed by atoms with van der Waals surface area (Å²) in [6.07, 6.45) is 6.17. The van der Waals surface area contributed by atoms with Crippen LogP contribution in [0.15, 0.2) is 63.4 Å². The summed E-state index contributed by atoms with van der Waals surface area (Å²) in [5.41, 5.74) is 2.46. The molecule has 0 radical (unpaired) electrons. The highest BCUT2D eigenvalue weighted by molar-refractivity contribution is 9.10. The zero-order chi connectivity index (χ0) is 16.4. The summed E-state index contributed by atoms with van der Waals surface area (Å²) < 4.78 is 3.08. The maximum Gasteiger partial charge on any atom is 0.333 e. The molecule has 3 heterocycles. The van der Waals surface area contributed by atoms with Crippen molar-refractivity contribution in [2.24, 2.45) is 10.1 Å². The predicted octanol–water partition coefficient (Wildman–Crippen LogP) is 2.78. The van der Waals surface area contributed by atoms with E-state index >= 15 is 0 Å². The first kappa shape index (κ1) is 15.6. The molecule has 3 unspecified atom stereocenters. The number of benzene rings is 1. The molecule has 7 heteroatoms. The summed E-state index contributed by atoms with van der Waals surface area (Å²) in [6.45, 7) is 0.775. The molecule has 0 amide bonds. The maximum absolute atomic E-state index is 4.42. The van der Waals surface area contributed by atoms with E-state index in [2.05, 4.69) is 59.9 Å². The van der Waals surface area contributed by atoms with Crippen LogP contribution in [0, 0.1) is 0 Å². The van der Waals surface area contributed by atoms with Crippen LogP contribution >= 0.6 is 15.9 Å². The van der Waals surface area contributed by atoms with Gasteiger partial charge >= 0.3 is 6.29 Å². The van der Waals surface area contributed by atoms with Gasteiger partial charge in [0.1, 0.15) is 0 Å². The third-order valence-corrected chi connectivity index (χ3v) is 4.81. The summed E-state index contributed by atoms with van der Waals surface area (Å²) in [4.78, 5) is 8.48. The fraction of sp³-hybridized carbons (Fsp3) is 0.294. The van der Waals surface area contributed by atoms with Crippen LogP contribution in [-0.2, 0) is 6.54 Å². The first-order valence-corrected chi connectivity index (χ1v) is 8.73. The van der Waals surface area contributed by atoms with Gasteiger partial charge in [-0.15, -0.1) is 0 Å². The number of azo groups is 2. The molecule has 2 aromatic rings. The quantitative estimate of drug-likeness (QED) is 0.795. The van der Waals surface area contributed by atoms with Gasteiger partial charge in [0, 0.05) is 41.0 Å². The molecule has 3 atom stereocenters. The number of hydrogen-bond donors (Lipinski definition) is 2. The van der Waals surface area contributed by atoms with Gasteiger partial charge in [0.25, 0.3) is 0 Å². The van der Waals surface area contributed by atoms with Crippen LogP contribution in [0.1, 0.15) is 23.6 Å². The van der Waals surface area contributed by atoms with E-state index in [1.54, 1.807) is 6.34 Å². The molecular formula is C17H18BrN6+. The van der Waals surface area contributed by atoms with Gasteiger partial charge in [-0.1, -0.05) is 32.8 Å². The second-order valence-electron chi connectivity index (χ2n) is 5.90. The normalized spacial score (nSPS) is 25.4. The third kappa shape index (κ3) is 3.28. The van der Waals surface area contributed by atoms with Crippen LogP contribution in [0.3, 0.4) is 0 Å². The van der Waals surface area contributed by atoms with Crippen LogP contribution in [0.25, 0.3) is 0 Å². The molecule has 0 aliphatic carbocycles. The lowest BCUT2D eigenvalue weighted by molar-refractivity contribution is -0.670. The Morgan fingerprint density at radius 2 is 2.12 bits per heavy atom. The largest absolute Gasteiger partial charge is 0.333 e. The van der Waals surface area contributed by atoms with E-state index in [9.17, 15) is 0 Å². The second kappa shape index (κ2) is 6.88. The molecular weight excluding hydrogens is 368 g/mol. The molecule has 0 bridgehead atoms. The van der Waals surface area contributed by atoms with E-state index in [4.69, 9.17) is 0 Å². The van der Waals surface area contributed by atoms with Gasteiger partial charge in [0.05, 0.1) is 0 Å². The van der Waals surface area contributed by atoms with Crippen LogP contribution < -0.4 is 10.6 Å². The smallest absolute Gasteiger partial charge is 0.265 e. The number of nitrogens with zero attached hydrogens (tertiary/aromatic N) is 4. The van der Waals surface area contributed by atoms with E-state index in [0.29, 0.717) is 0 Å². The summed E-state index contributed by atoms with van der Waals surface area (Å²) in [5.74, 6) is 0. The Morgan fingerprint density at radius 1 is 1.25 bits per heavy atom. The lowest BCUT2D eigenvalue weighted by Gasteiger charge is -2.29. The Kier molecular flexibility index (Phi) is 4.46. The predicted molar refractivity (Wildman–Crippen MR) is 94.5 cm³/mol. The Morgan fingerprint density at radius 3 is 2.96 bits per heavy atom. The lowest BCUT2D eigenvalue weighted by atomic mass is 10.00. The first-order chi connectivity index (χ1) is 11.8. The molecule has 2 aliphatic rings. The van der Waals surface area contributed by atoms with Crippen molar-refractivity contribution in [3.05, 3.63) is 64.4 Å². The molecule has 24 heavy (non-hydrogen) atoms. The Bertz CT molecular complexity index is 776. The summed E-state index contributed by atoms with van der Waals surface area (Å²) in [7, 11) is 0. The Balaban J connectivity index is 1.51. The van der Waals surface area contributed by atoms with Crippen molar-refractivity contribution in [3.63, 3.8) is 0 Å². The molecule has 0 spiro atoms. The molecule has 6 nitrogen and oxygen atoms in total. The molecule has 1 fully saturated rings. The molecule has 1 aromatic heterocycles. The van der Waals surface area contributed by atoms with Crippen LogP contribution in [0.5, 0.6) is 0 Å². The summed E-state index contributed by atoms with van der Waals surface area (Å²) in [6, 6.07) is 12.7. The van der Waals surface area contributed by atoms with Gasteiger partial charge < -0.3 is 0 Å². The molecule has 122 valence electrons. The lowest BCUT2D eigenvalue weighted by Crippen LogP contribution is -2.54. The van der Waals surface area contributed by atoms with Crippen molar-refractivity contribution in [1.29, 1.82) is 0 Å². The fourth-order valence-corrected chi connectivity index (χ4v) is 3.52. The average Bonchev–Trinajstić information content (AvgIpc) is 3.09. The van der Waals surface area contributed by atoms with Crippen LogP contribution in [0.4, 0.5) is 0 Å². The minimum Gasteiger partial charge on any atom is -0.265 e. The summed E-state index contributed by atoms with van der Waals surface area (Å²) in [5, 5.41) is 11.5. The molecule has 1 saturated heterocycles. The number of nitrogens with one attached hydrogen (secondary N) is 2. The fourth-order valence-electron chi connectivity index (χ4n) is 3.10. The van der Waals surface area contributed by atoms with E-state index in [1.165, 1.54) is 11.1 Å². The third-order valence-electron chi connectivity index (χ3n) is 4.31. The van der Waals surface area contributed by atoms with Gasteiger partial charge in [-0.3, -0.25) is 10.3 Å². The van der Waals surface area contributed by atoms with E-state index < -0.39 is 0 Å². The topological polar surface area (TPSA) is 64.7 Å². The summed E-state index contributed by atoms with van der Waals surface area (Å²) >= 11 is 3.55. The standard InChI is InChI=1S/C17H18BrN6/c18-14-3-1-2-13(8-14)15-9-16(24-17(23-15)21-11-22-24)20-10-12-4-6-19-7-5-12/h1-8,11,15-17,20,23H,9-10H2/q+1. The van der Waals surface area contributed by atoms with Crippen molar-refractivity contribution in [3.8, 4) is 0 Å². The minimum absolute atomic E-state index is 0.113. The second-order valence-corrected chi connectivity index (χ2v) is 6.81. The van der Waals surface area contributed by atoms with Crippen molar-refractivity contribution in [2.75, 3.05) is 0 Å². The maximum atomic E-state index is 4.42. The molecule has 2 N–H and O–H groups in total. The number of hydrogen-bond acceptors (Lipinski definition) is 5. The number of aromatic nitrogens is 1. The van der Waals surface area contributed by atoms with Crippen LogP contribution in [-0.4, -0.2) is 28.5 Å². The highest BCUT2D eigenvalue weighted by atomic mass is 79.9. The SMILES string of the molecule is Brc1cccc(C2CC(NCc3ccncc3)[N+]3=NC=NC3N2)c1. The molecule has 0 saturated carbocycles. The Labute approximate surface area is 148 Å². The number of halogens is 1.